The molecule has 1 aliphatic rings. The molecule has 1 aliphatic carbocycles. The lowest BCUT2D eigenvalue weighted by Gasteiger charge is -2.45. The quantitative estimate of drug-likeness (QED) is 0.128. The van der Waals surface area contributed by atoms with Gasteiger partial charge in [0.05, 0.1) is 16.7 Å². The second-order valence-corrected chi connectivity index (χ2v) is 20.8. The van der Waals surface area contributed by atoms with Crippen LogP contribution in [0.15, 0.2) is 322 Å². The molecule has 376 valence electrons. The van der Waals surface area contributed by atoms with Gasteiger partial charge in [-0.05, 0) is 128 Å². The largest absolute Gasteiger partial charge is 0.323 e. The Morgan fingerprint density at radius 2 is 0.762 bits per heavy atom. The molecule has 1 aromatic heterocycles. The number of fused-ring (bicyclic) bond motifs is 7. The second-order valence-electron chi connectivity index (χ2n) is 20.8. The number of hydrogen-bond acceptors (Lipinski definition) is 2. The van der Waals surface area contributed by atoms with Crippen LogP contribution in [0.2, 0.25) is 0 Å². The van der Waals surface area contributed by atoms with Gasteiger partial charge in [0.2, 0.25) is 0 Å². The third-order valence-electron chi connectivity index (χ3n) is 16.3. The predicted molar refractivity (Wildman–Crippen MR) is 336 cm³/mol. The van der Waals surface area contributed by atoms with Crippen molar-refractivity contribution in [2.45, 2.75) is 5.54 Å². The summed E-state index contributed by atoms with van der Waals surface area (Å²) in [5, 5.41) is 4.76. The molecule has 1 heterocycles. The molecule has 0 saturated carbocycles. The third-order valence-corrected chi connectivity index (χ3v) is 16.3. The van der Waals surface area contributed by atoms with Crippen LogP contribution in [0.4, 0.5) is 28.4 Å². The van der Waals surface area contributed by atoms with E-state index < -0.39 is 5.54 Å². The Balaban J connectivity index is 1.02. The maximum atomic E-state index is 2.60. The van der Waals surface area contributed by atoms with Crippen LogP contribution >= 0.6 is 0 Å². The van der Waals surface area contributed by atoms with Crippen LogP contribution in [-0.4, -0.2) is 4.57 Å². The first-order valence-electron chi connectivity index (χ1n) is 27.6. The van der Waals surface area contributed by atoms with Crippen molar-refractivity contribution in [1.82, 2.24) is 4.57 Å². The van der Waals surface area contributed by atoms with Gasteiger partial charge in [0, 0.05) is 50.3 Å². The van der Waals surface area contributed by atoms with E-state index in [4.69, 9.17) is 0 Å². The highest BCUT2D eigenvalue weighted by molar-refractivity contribution is 6.12. The van der Waals surface area contributed by atoms with Gasteiger partial charge in [0.1, 0.15) is 5.54 Å². The van der Waals surface area contributed by atoms with Crippen molar-refractivity contribution < 1.29 is 0 Å². The SMILES string of the molecule is c1ccc(-c2cccc(N(c3ccccc3)C3(c4ccccc4)c4ccccc4-c4ccc(N(c5ccc6ccccc6c5)c5ccc6c7ccccc7n(-c7c(-c8ccccc8)cccc7-c7ccccc7)c6c5)cc43)c2)cc1. The fourth-order valence-electron chi connectivity index (χ4n) is 12.9. The van der Waals surface area contributed by atoms with Crippen LogP contribution in [0, 0.1) is 0 Å². The standard InChI is InChI=1S/C77H53N3/c1-6-24-54(25-7-1)59-32-22-37-65(51-59)80(61-35-14-5-15-36-61)77(60-33-12-4-13-34-60)72-42-20-18-38-68(72)69-48-46-63(52-73(69)77)78(62-45-44-55-26-16-17-31-58(55)50-62)64-47-49-71-70-39-19-21-43-74(70)79(75(71)53-64)76-66(56-27-8-2-9-28-56)40-23-41-67(76)57-29-10-3-11-30-57/h1-53H. The van der Waals surface area contributed by atoms with Crippen molar-refractivity contribution in [2.24, 2.45) is 0 Å². The first kappa shape index (κ1) is 46.8. The maximum absolute atomic E-state index is 2.60. The lowest BCUT2D eigenvalue weighted by atomic mass is 9.78. The predicted octanol–water partition coefficient (Wildman–Crippen LogP) is 20.5. The summed E-state index contributed by atoms with van der Waals surface area (Å²) in [6, 6.07) is 118. The van der Waals surface area contributed by atoms with E-state index in [1.807, 2.05) is 0 Å². The number of hydrogen-bond donors (Lipinski definition) is 0. The number of aromatic nitrogens is 1. The fraction of sp³-hybridized carbons (Fsp3) is 0.0130. The molecule has 0 aliphatic heterocycles. The average molecular weight is 1020 g/mol. The maximum Gasteiger partial charge on any atom is 0.122 e. The van der Waals surface area contributed by atoms with Crippen LogP contribution in [0.1, 0.15) is 16.7 Å². The highest BCUT2D eigenvalue weighted by Gasteiger charge is 2.50. The number of rotatable bonds is 11. The molecule has 0 amide bonds. The lowest BCUT2D eigenvalue weighted by Crippen LogP contribution is -2.44. The van der Waals surface area contributed by atoms with Crippen LogP contribution in [0.3, 0.4) is 0 Å². The van der Waals surface area contributed by atoms with Gasteiger partial charge in [-0.1, -0.05) is 255 Å². The van der Waals surface area contributed by atoms with E-state index in [2.05, 4.69) is 336 Å². The summed E-state index contributed by atoms with van der Waals surface area (Å²) in [6.07, 6.45) is 0. The van der Waals surface area contributed by atoms with Gasteiger partial charge in [0.25, 0.3) is 0 Å². The van der Waals surface area contributed by atoms with E-state index in [0.717, 1.165) is 61.8 Å². The summed E-state index contributed by atoms with van der Waals surface area (Å²) in [6.45, 7) is 0. The zero-order valence-electron chi connectivity index (χ0n) is 43.9. The minimum Gasteiger partial charge on any atom is -0.323 e. The van der Waals surface area contributed by atoms with E-state index in [1.165, 1.54) is 66.1 Å². The summed E-state index contributed by atoms with van der Waals surface area (Å²) in [4.78, 5) is 5.08. The summed E-state index contributed by atoms with van der Waals surface area (Å²) < 4.78 is 2.53. The average Bonchev–Trinajstić information content (AvgIpc) is 4.18. The van der Waals surface area contributed by atoms with Gasteiger partial charge >= 0.3 is 0 Å². The fourth-order valence-corrected chi connectivity index (χ4v) is 12.9. The second kappa shape index (κ2) is 19.5. The van der Waals surface area contributed by atoms with Gasteiger partial charge in [0.15, 0.2) is 0 Å². The molecule has 0 bridgehead atoms. The van der Waals surface area contributed by atoms with Gasteiger partial charge < -0.3 is 14.4 Å². The van der Waals surface area contributed by atoms with E-state index in [0.29, 0.717) is 0 Å². The first-order valence-corrected chi connectivity index (χ1v) is 27.6. The first-order chi connectivity index (χ1) is 39.7. The summed E-state index contributed by atoms with van der Waals surface area (Å²) in [7, 11) is 0. The molecule has 0 fully saturated rings. The molecule has 3 heteroatoms. The molecular weight excluding hydrogens is 967 g/mol. The molecule has 0 radical (unpaired) electrons. The Morgan fingerprint density at radius 1 is 0.263 bits per heavy atom. The Labute approximate surface area is 466 Å². The Morgan fingerprint density at radius 3 is 1.50 bits per heavy atom. The van der Waals surface area contributed by atoms with Crippen molar-refractivity contribution in [3.63, 3.8) is 0 Å². The number of benzene rings is 13. The molecule has 80 heavy (non-hydrogen) atoms. The minimum atomic E-state index is -0.833. The van der Waals surface area contributed by atoms with Gasteiger partial charge in [-0.2, -0.15) is 0 Å². The van der Waals surface area contributed by atoms with Crippen molar-refractivity contribution in [3.8, 4) is 50.2 Å². The number of anilines is 5. The van der Waals surface area contributed by atoms with Crippen LogP contribution in [0.25, 0.3) is 82.8 Å². The molecule has 13 aromatic carbocycles. The molecule has 1 unspecified atom stereocenters. The van der Waals surface area contributed by atoms with Gasteiger partial charge in [-0.15, -0.1) is 0 Å². The number of nitrogens with zero attached hydrogens (tertiary/aromatic N) is 3. The number of para-hydroxylation sites is 3. The van der Waals surface area contributed by atoms with E-state index in [9.17, 15) is 0 Å². The van der Waals surface area contributed by atoms with Crippen LogP contribution in [0.5, 0.6) is 0 Å². The molecule has 15 rings (SSSR count). The van der Waals surface area contributed by atoms with E-state index in [-0.39, 0.29) is 0 Å². The smallest absolute Gasteiger partial charge is 0.122 e. The highest BCUT2D eigenvalue weighted by Crippen LogP contribution is 2.59. The van der Waals surface area contributed by atoms with E-state index in [1.54, 1.807) is 0 Å². The van der Waals surface area contributed by atoms with Crippen molar-refractivity contribution in [2.75, 3.05) is 9.80 Å². The van der Waals surface area contributed by atoms with E-state index >= 15 is 0 Å². The molecule has 14 aromatic rings. The van der Waals surface area contributed by atoms with Gasteiger partial charge in [-0.3, -0.25) is 0 Å². The zero-order valence-corrected chi connectivity index (χ0v) is 43.9. The molecular formula is C77H53N3. The van der Waals surface area contributed by atoms with Gasteiger partial charge in [-0.25, -0.2) is 0 Å². The normalized spacial score (nSPS) is 13.6. The molecule has 3 nitrogen and oxygen atoms in total. The lowest BCUT2D eigenvalue weighted by molar-refractivity contribution is 0.644. The van der Waals surface area contributed by atoms with Crippen molar-refractivity contribution >= 4 is 61.0 Å². The molecule has 0 spiro atoms. The minimum absolute atomic E-state index is 0.833. The molecule has 0 N–H and O–H groups in total. The van der Waals surface area contributed by atoms with Crippen molar-refractivity contribution in [3.05, 3.63) is 338 Å². The Hall–Kier alpha value is -10.5. The Bertz CT molecular complexity index is 4530. The highest BCUT2D eigenvalue weighted by atomic mass is 15.2. The molecule has 1 atom stereocenters. The summed E-state index contributed by atoms with van der Waals surface area (Å²) in [5.41, 5.74) is 20.9. The van der Waals surface area contributed by atoms with Crippen LogP contribution in [-0.2, 0) is 5.54 Å². The summed E-state index contributed by atoms with van der Waals surface area (Å²) in [5.74, 6) is 0. The zero-order chi connectivity index (χ0) is 53.0. The monoisotopic (exact) mass is 1020 g/mol. The van der Waals surface area contributed by atoms with Crippen LogP contribution < -0.4 is 9.80 Å². The molecule has 0 saturated heterocycles. The van der Waals surface area contributed by atoms with Crippen molar-refractivity contribution in [1.29, 1.82) is 0 Å². The Kier molecular flexibility index (Phi) is 11.4. The summed E-state index contributed by atoms with van der Waals surface area (Å²) >= 11 is 0. The third kappa shape index (κ3) is 7.66. The topological polar surface area (TPSA) is 11.4 Å².